The minimum Gasteiger partial charge on any atom is -0.466 e. The van der Waals surface area contributed by atoms with E-state index in [0.29, 0.717) is 12.2 Å². The number of fused-ring (bicyclic) bond motifs is 1. The van der Waals surface area contributed by atoms with Crippen molar-refractivity contribution < 1.29 is 19.2 Å². The van der Waals surface area contributed by atoms with Crippen molar-refractivity contribution in [2.24, 2.45) is 0 Å². The Labute approximate surface area is 105 Å². The average molecular weight is 249 g/mol. The van der Waals surface area contributed by atoms with Crippen LogP contribution in [0.15, 0.2) is 24.3 Å². The highest BCUT2D eigenvalue weighted by Crippen LogP contribution is 2.35. The molecule has 1 aliphatic rings. The SMILES string of the molecule is CCOC(=O)CC1c2ccccc2C(=O)N1OC. The van der Waals surface area contributed by atoms with Crippen LogP contribution < -0.4 is 0 Å². The second-order valence-corrected chi connectivity index (χ2v) is 3.93. The number of hydroxylamine groups is 2. The summed E-state index contributed by atoms with van der Waals surface area (Å²) >= 11 is 0. The van der Waals surface area contributed by atoms with Crippen molar-refractivity contribution in [3.63, 3.8) is 0 Å². The molecule has 96 valence electrons. The minimum atomic E-state index is -0.405. The zero-order chi connectivity index (χ0) is 13.1. The zero-order valence-electron chi connectivity index (χ0n) is 10.4. The van der Waals surface area contributed by atoms with Gasteiger partial charge in [0.25, 0.3) is 5.91 Å². The zero-order valence-corrected chi connectivity index (χ0v) is 10.4. The van der Waals surface area contributed by atoms with Gasteiger partial charge in [-0.2, -0.15) is 0 Å². The summed E-state index contributed by atoms with van der Waals surface area (Å²) in [4.78, 5) is 28.7. The fraction of sp³-hybridized carbons (Fsp3) is 0.385. The normalized spacial score (nSPS) is 17.8. The molecule has 0 saturated heterocycles. The van der Waals surface area contributed by atoms with E-state index >= 15 is 0 Å². The van der Waals surface area contributed by atoms with Crippen molar-refractivity contribution in [2.45, 2.75) is 19.4 Å². The molecule has 0 aromatic heterocycles. The maximum atomic E-state index is 12.0. The summed E-state index contributed by atoms with van der Waals surface area (Å²) in [7, 11) is 1.42. The second-order valence-electron chi connectivity index (χ2n) is 3.93. The molecule has 2 rings (SSSR count). The summed E-state index contributed by atoms with van der Waals surface area (Å²) in [6.07, 6.45) is 0.102. The van der Waals surface area contributed by atoms with Gasteiger partial charge in [-0.15, -0.1) is 0 Å². The van der Waals surface area contributed by atoms with Gasteiger partial charge in [-0.25, -0.2) is 5.06 Å². The van der Waals surface area contributed by atoms with Crippen LogP contribution >= 0.6 is 0 Å². The largest absolute Gasteiger partial charge is 0.466 e. The number of hydrogen-bond acceptors (Lipinski definition) is 4. The lowest BCUT2D eigenvalue weighted by Gasteiger charge is -2.21. The molecule has 18 heavy (non-hydrogen) atoms. The highest BCUT2D eigenvalue weighted by molar-refractivity contribution is 5.98. The number of benzene rings is 1. The Bertz CT molecular complexity index is 472. The van der Waals surface area contributed by atoms with Crippen LogP contribution in [0, 0.1) is 0 Å². The first-order chi connectivity index (χ1) is 8.69. The topological polar surface area (TPSA) is 55.8 Å². The Kier molecular flexibility index (Phi) is 3.62. The number of carbonyl (C=O) groups excluding carboxylic acids is 2. The van der Waals surface area contributed by atoms with E-state index in [-0.39, 0.29) is 18.3 Å². The number of nitrogens with zero attached hydrogens (tertiary/aromatic N) is 1. The van der Waals surface area contributed by atoms with Crippen LogP contribution in [0.2, 0.25) is 0 Å². The van der Waals surface area contributed by atoms with E-state index in [9.17, 15) is 9.59 Å². The predicted octanol–water partition coefficient (Wildman–Crippen LogP) is 1.70. The summed E-state index contributed by atoms with van der Waals surface area (Å²) in [5, 5.41) is 1.22. The predicted molar refractivity (Wildman–Crippen MR) is 63.6 cm³/mol. The lowest BCUT2D eigenvalue weighted by molar-refractivity contribution is -0.152. The average Bonchev–Trinajstić information content (AvgIpc) is 2.63. The molecule has 0 spiro atoms. The molecule has 0 aliphatic carbocycles. The Hall–Kier alpha value is -1.88. The molecule has 5 heteroatoms. The highest BCUT2D eigenvalue weighted by atomic mass is 16.7. The molecular formula is C13H15NO4. The number of rotatable bonds is 4. The van der Waals surface area contributed by atoms with Gasteiger partial charge in [0.1, 0.15) is 0 Å². The van der Waals surface area contributed by atoms with Crippen LogP contribution in [0.1, 0.15) is 35.3 Å². The third-order valence-corrected chi connectivity index (χ3v) is 2.90. The van der Waals surface area contributed by atoms with Crippen molar-refractivity contribution in [1.29, 1.82) is 0 Å². The molecule has 1 atom stereocenters. The summed E-state index contributed by atoms with van der Waals surface area (Å²) in [6.45, 7) is 2.08. The Morgan fingerprint density at radius 1 is 1.39 bits per heavy atom. The Balaban J connectivity index is 2.27. The molecule has 0 bridgehead atoms. The molecule has 0 fully saturated rings. The van der Waals surface area contributed by atoms with Crippen molar-refractivity contribution in [2.75, 3.05) is 13.7 Å². The van der Waals surface area contributed by atoms with Gasteiger partial charge >= 0.3 is 5.97 Å². The standard InChI is InChI=1S/C13H15NO4/c1-3-18-12(15)8-11-9-6-4-5-7-10(9)13(16)14(11)17-2/h4-7,11H,3,8H2,1-2H3. The third kappa shape index (κ3) is 2.09. The molecule has 0 radical (unpaired) electrons. The highest BCUT2D eigenvalue weighted by Gasteiger charge is 2.38. The van der Waals surface area contributed by atoms with Gasteiger partial charge in [0.2, 0.25) is 0 Å². The lowest BCUT2D eigenvalue weighted by atomic mass is 10.0. The molecule has 1 aromatic carbocycles. The van der Waals surface area contributed by atoms with Crippen LogP contribution in [0.25, 0.3) is 0 Å². The van der Waals surface area contributed by atoms with E-state index in [1.165, 1.54) is 12.2 Å². The molecule has 1 amide bonds. The maximum Gasteiger partial charge on any atom is 0.308 e. The van der Waals surface area contributed by atoms with Gasteiger partial charge in [0.05, 0.1) is 26.2 Å². The summed E-state index contributed by atoms with van der Waals surface area (Å²) in [5.74, 6) is -0.559. The van der Waals surface area contributed by atoms with E-state index in [2.05, 4.69) is 0 Å². The van der Waals surface area contributed by atoms with Crippen LogP contribution in [-0.4, -0.2) is 30.7 Å². The fourth-order valence-electron chi connectivity index (χ4n) is 2.15. The van der Waals surface area contributed by atoms with E-state index < -0.39 is 6.04 Å². The monoisotopic (exact) mass is 249 g/mol. The van der Waals surface area contributed by atoms with Gasteiger partial charge in [-0.05, 0) is 18.6 Å². The smallest absolute Gasteiger partial charge is 0.308 e. The van der Waals surface area contributed by atoms with E-state index in [4.69, 9.17) is 9.57 Å². The molecular weight excluding hydrogens is 234 g/mol. The fourth-order valence-corrected chi connectivity index (χ4v) is 2.15. The second kappa shape index (κ2) is 5.18. The first-order valence-corrected chi connectivity index (χ1v) is 5.81. The van der Waals surface area contributed by atoms with Gasteiger partial charge in [-0.1, -0.05) is 18.2 Å². The lowest BCUT2D eigenvalue weighted by Crippen LogP contribution is -2.28. The van der Waals surface area contributed by atoms with Crippen LogP contribution in [-0.2, 0) is 14.4 Å². The molecule has 1 unspecified atom stereocenters. The Morgan fingerprint density at radius 2 is 2.11 bits per heavy atom. The molecule has 1 aromatic rings. The number of ether oxygens (including phenoxy) is 1. The number of esters is 1. The van der Waals surface area contributed by atoms with Gasteiger partial charge < -0.3 is 4.74 Å². The number of hydrogen-bond donors (Lipinski definition) is 0. The van der Waals surface area contributed by atoms with Crippen molar-refractivity contribution in [3.05, 3.63) is 35.4 Å². The van der Waals surface area contributed by atoms with Crippen LogP contribution in [0.5, 0.6) is 0 Å². The van der Waals surface area contributed by atoms with Crippen LogP contribution in [0.3, 0.4) is 0 Å². The summed E-state index contributed by atoms with van der Waals surface area (Å²) < 4.78 is 4.91. The molecule has 0 N–H and O–H groups in total. The van der Waals surface area contributed by atoms with Crippen molar-refractivity contribution in [1.82, 2.24) is 5.06 Å². The van der Waals surface area contributed by atoms with Gasteiger partial charge in [-0.3, -0.25) is 14.4 Å². The van der Waals surface area contributed by atoms with Crippen molar-refractivity contribution >= 4 is 11.9 Å². The minimum absolute atomic E-state index is 0.102. The summed E-state index contributed by atoms with van der Waals surface area (Å²) in [6, 6.07) is 6.78. The van der Waals surface area contributed by atoms with E-state index in [1.54, 1.807) is 19.1 Å². The number of amides is 1. The third-order valence-electron chi connectivity index (χ3n) is 2.90. The maximum absolute atomic E-state index is 12.0. The molecule has 1 aliphatic heterocycles. The first kappa shape index (κ1) is 12.6. The molecule has 0 saturated carbocycles. The summed E-state index contributed by atoms with van der Waals surface area (Å²) in [5.41, 5.74) is 1.38. The van der Waals surface area contributed by atoms with E-state index in [0.717, 1.165) is 5.56 Å². The van der Waals surface area contributed by atoms with Gasteiger partial charge in [0, 0.05) is 5.56 Å². The van der Waals surface area contributed by atoms with Gasteiger partial charge in [0.15, 0.2) is 0 Å². The van der Waals surface area contributed by atoms with Crippen molar-refractivity contribution in [3.8, 4) is 0 Å². The number of carbonyl (C=O) groups is 2. The molecule has 5 nitrogen and oxygen atoms in total. The first-order valence-electron chi connectivity index (χ1n) is 5.81. The van der Waals surface area contributed by atoms with E-state index in [1.807, 2.05) is 12.1 Å². The Morgan fingerprint density at radius 3 is 2.78 bits per heavy atom. The quantitative estimate of drug-likeness (QED) is 0.762. The van der Waals surface area contributed by atoms with Crippen LogP contribution in [0.4, 0.5) is 0 Å². The molecule has 1 heterocycles.